The number of hydrogen-bond donors (Lipinski definition) is 1. The molecular weight excluding hydrogens is 418 g/mol. The zero-order chi connectivity index (χ0) is 22.4. The molecule has 0 aliphatic carbocycles. The van der Waals surface area contributed by atoms with E-state index in [0.717, 1.165) is 22.1 Å². The zero-order valence-electron chi connectivity index (χ0n) is 17.2. The summed E-state index contributed by atoms with van der Waals surface area (Å²) in [5.41, 5.74) is 3.04. The number of aromatic nitrogens is 2. The van der Waals surface area contributed by atoms with Crippen LogP contribution in [0.4, 0.5) is 0 Å². The summed E-state index contributed by atoms with van der Waals surface area (Å²) in [5.74, 6) is -1.40. The van der Waals surface area contributed by atoms with Crippen LogP contribution in [0.3, 0.4) is 0 Å². The summed E-state index contributed by atoms with van der Waals surface area (Å²) < 4.78 is 11.9. The van der Waals surface area contributed by atoms with E-state index in [1.165, 1.54) is 36.7 Å². The number of rotatable bonds is 7. The quantitative estimate of drug-likeness (QED) is 0.449. The number of ether oxygens (including phenoxy) is 2. The van der Waals surface area contributed by atoms with Crippen LogP contribution in [0.5, 0.6) is 5.75 Å². The van der Waals surface area contributed by atoms with Crippen LogP contribution in [0.15, 0.2) is 48.0 Å². The maximum absolute atomic E-state index is 12.0. The molecule has 3 aromatic rings. The van der Waals surface area contributed by atoms with Crippen LogP contribution in [0.2, 0.25) is 0 Å². The average Bonchev–Trinajstić information content (AvgIpc) is 3.38. The molecule has 0 unspecified atom stereocenters. The molecule has 0 saturated heterocycles. The van der Waals surface area contributed by atoms with Crippen LogP contribution < -0.4 is 10.1 Å². The third-order valence-electron chi connectivity index (χ3n) is 4.43. The summed E-state index contributed by atoms with van der Waals surface area (Å²) in [6, 6.07) is 8.20. The molecule has 31 heavy (non-hydrogen) atoms. The molecule has 0 aliphatic heterocycles. The molecule has 9 heteroatoms. The van der Waals surface area contributed by atoms with Gasteiger partial charge in [-0.25, -0.2) is 9.78 Å². The van der Waals surface area contributed by atoms with E-state index in [9.17, 15) is 14.4 Å². The number of benzene rings is 1. The number of methoxy groups -OCH3 is 1. The van der Waals surface area contributed by atoms with Gasteiger partial charge >= 0.3 is 5.97 Å². The maximum Gasteiger partial charge on any atom is 0.331 e. The number of aryl methyl sites for hydroxylation is 1. The minimum atomic E-state index is -0.718. The van der Waals surface area contributed by atoms with Crippen molar-refractivity contribution in [2.45, 2.75) is 13.8 Å². The van der Waals surface area contributed by atoms with Gasteiger partial charge in [0.25, 0.3) is 11.8 Å². The number of imide groups is 1. The molecule has 0 radical (unpaired) electrons. The highest BCUT2D eigenvalue weighted by atomic mass is 32.1. The summed E-state index contributed by atoms with van der Waals surface area (Å²) in [6.45, 7) is 3.31. The van der Waals surface area contributed by atoms with Crippen LogP contribution in [0.25, 0.3) is 11.2 Å². The molecule has 0 aliphatic rings. The predicted octanol–water partition coefficient (Wildman–Crippen LogP) is 3.07. The van der Waals surface area contributed by atoms with Gasteiger partial charge in [-0.1, -0.05) is 0 Å². The lowest BCUT2D eigenvalue weighted by Gasteiger charge is -2.05. The number of esters is 1. The number of nitrogens with zero attached hydrogens (tertiary/aromatic N) is 2. The van der Waals surface area contributed by atoms with Gasteiger partial charge in [-0.2, -0.15) is 0 Å². The first-order valence-corrected chi connectivity index (χ1v) is 10.2. The molecule has 160 valence electrons. The molecule has 2 aromatic heterocycles. The molecular formula is C22H21N3O5S. The van der Waals surface area contributed by atoms with E-state index in [1.807, 2.05) is 29.9 Å². The van der Waals surface area contributed by atoms with Crippen molar-refractivity contribution in [3.8, 4) is 10.9 Å². The van der Waals surface area contributed by atoms with Gasteiger partial charge in [-0.15, -0.1) is 11.3 Å². The summed E-state index contributed by atoms with van der Waals surface area (Å²) in [5, 5.41) is 4.91. The highest BCUT2D eigenvalue weighted by Gasteiger charge is 2.13. The van der Waals surface area contributed by atoms with Gasteiger partial charge in [0.2, 0.25) is 0 Å². The number of thiazole rings is 1. The largest absolute Gasteiger partial charge is 0.497 e. The van der Waals surface area contributed by atoms with Crippen molar-refractivity contribution in [1.82, 2.24) is 14.9 Å². The topological polar surface area (TPSA) is 99.5 Å². The Balaban J connectivity index is 1.53. The number of amides is 2. The first-order chi connectivity index (χ1) is 14.9. The number of carbonyl (C=O) groups is 3. The third kappa shape index (κ3) is 5.46. The molecule has 3 rings (SSSR count). The van der Waals surface area contributed by atoms with E-state index in [-0.39, 0.29) is 5.56 Å². The zero-order valence-corrected chi connectivity index (χ0v) is 18.1. The molecule has 8 nitrogen and oxygen atoms in total. The van der Waals surface area contributed by atoms with Gasteiger partial charge in [0, 0.05) is 34.6 Å². The molecule has 0 fully saturated rings. The number of hydrogen-bond acceptors (Lipinski definition) is 7. The summed E-state index contributed by atoms with van der Waals surface area (Å²) in [7, 11) is 1.51. The van der Waals surface area contributed by atoms with E-state index in [0.29, 0.717) is 5.75 Å². The lowest BCUT2D eigenvalue weighted by Crippen LogP contribution is -2.34. The molecule has 0 atom stereocenters. The second kappa shape index (κ2) is 9.86. The van der Waals surface area contributed by atoms with E-state index < -0.39 is 24.4 Å². The Kier molecular flexibility index (Phi) is 6.99. The van der Waals surface area contributed by atoms with Gasteiger partial charge < -0.3 is 9.47 Å². The number of nitrogens with one attached hydrogen (secondary N) is 1. The Morgan fingerprint density at radius 3 is 2.58 bits per heavy atom. The van der Waals surface area contributed by atoms with Crippen molar-refractivity contribution in [1.29, 1.82) is 0 Å². The van der Waals surface area contributed by atoms with Crippen molar-refractivity contribution < 1.29 is 23.9 Å². The van der Waals surface area contributed by atoms with Crippen LogP contribution in [-0.4, -0.2) is 41.1 Å². The summed E-state index contributed by atoms with van der Waals surface area (Å²) in [6.07, 6.45) is 4.60. The Labute approximate surface area is 183 Å². The van der Waals surface area contributed by atoms with Gasteiger partial charge in [0.15, 0.2) is 11.7 Å². The lowest BCUT2D eigenvalue weighted by molar-refractivity contribution is -0.143. The normalized spacial score (nSPS) is 10.8. The first-order valence-electron chi connectivity index (χ1n) is 9.31. The van der Waals surface area contributed by atoms with Crippen molar-refractivity contribution in [2.75, 3.05) is 13.7 Å². The van der Waals surface area contributed by atoms with Crippen molar-refractivity contribution in [3.63, 3.8) is 0 Å². The van der Waals surface area contributed by atoms with E-state index in [4.69, 9.17) is 9.47 Å². The first kappa shape index (κ1) is 22.0. The minimum absolute atomic E-state index is 0.288. The van der Waals surface area contributed by atoms with Crippen LogP contribution in [0, 0.1) is 13.8 Å². The van der Waals surface area contributed by atoms with Crippen LogP contribution in [0.1, 0.15) is 27.3 Å². The third-order valence-corrected chi connectivity index (χ3v) is 5.19. The van der Waals surface area contributed by atoms with E-state index >= 15 is 0 Å². The standard InChI is InChI=1S/C22H21N3O5S/c1-14-12-17(15(2)25(14)22-23-10-11-31-22)6-9-20(27)30-13-19(26)24-21(28)16-4-7-18(29-3)8-5-16/h4-12H,13H2,1-3H3,(H,24,26,28)/b9-6+. The summed E-state index contributed by atoms with van der Waals surface area (Å²) in [4.78, 5) is 40.2. The van der Waals surface area contributed by atoms with Gasteiger partial charge in [-0.05, 0) is 55.8 Å². The van der Waals surface area contributed by atoms with Crippen molar-refractivity contribution >= 4 is 35.2 Å². The summed E-state index contributed by atoms with van der Waals surface area (Å²) >= 11 is 1.52. The Morgan fingerprint density at radius 1 is 1.19 bits per heavy atom. The van der Waals surface area contributed by atoms with Gasteiger partial charge in [-0.3, -0.25) is 19.5 Å². The molecule has 0 bridgehead atoms. The van der Waals surface area contributed by atoms with Crippen molar-refractivity contribution in [3.05, 3.63) is 70.5 Å². The fourth-order valence-corrected chi connectivity index (χ4v) is 3.65. The Hall–Kier alpha value is -3.72. The fourth-order valence-electron chi connectivity index (χ4n) is 2.90. The van der Waals surface area contributed by atoms with E-state index in [2.05, 4.69) is 10.3 Å². The Morgan fingerprint density at radius 2 is 1.94 bits per heavy atom. The highest BCUT2D eigenvalue weighted by Crippen LogP contribution is 2.23. The average molecular weight is 439 g/mol. The second-order valence-electron chi connectivity index (χ2n) is 6.52. The predicted molar refractivity (Wildman–Crippen MR) is 116 cm³/mol. The van der Waals surface area contributed by atoms with Gasteiger partial charge in [0.1, 0.15) is 5.75 Å². The van der Waals surface area contributed by atoms with Gasteiger partial charge in [0.05, 0.1) is 7.11 Å². The monoisotopic (exact) mass is 439 g/mol. The second-order valence-corrected chi connectivity index (χ2v) is 7.40. The fraction of sp³-hybridized carbons (Fsp3) is 0.182. The highest BCUT2D eigenvalue weighted by molar-refractivity contribution is 7.12. The smallest absolute Gasteiger partial charge is 0.331 e. The maximum atomic E-state index is 12.0. The minimum Gasteiger partial charge on any atom is -0.497 e. The SMILES string of the molecule is COc1ccc(C(=O)NC(=O)COC(=O)/C=C/c2cc(C)n(-c3nccs3)c2C)cc1. The molecule has 1 aromatic carbocycles. The number of carbonyl (C=O) groups excluding carboxylic acids is 3. The molecule has 0 spiro atoms. The van der Waals surface area contributed by atoms with Crippen LogP contribution >= 0.6 is 11.3 Å². The molecule has 2 amide bonds. The molecule has 1 N–H and O–H groups in total. The molecule has 2 heterocycles. The van der Waals surface area contributed by atoms with Crippen molar-refractivity contribution in [2.24, 2.45) is 0 Å². The van der Waals surface area contributed by atoms with E-state index in [1.54, 1.807) is 24.4 Å². The lowest BCUT2D eigenvalue weighted by atomic mass is 10.2. The Bertz CT molecular complexity index is 1110. The molecule has 0 saturated carbocycles. The van der Waals surface area contributed by atoms with Crippen LogP contribution in [-0.2, 0) is 14.3 Å².